The van der Waals surface area contributed by atoms with Crippen LogP contribution in [0.5, 0.6) is 11.5 Å². The summed E-state index contributed by atoms with van der Waals surface area (Å²) in [5.74, 6) is 1.34. The zero-order chi connectivity index (χ0) is 54.7. The maximum atomic E-state index is 10.3. The molecule has 0 amide bonds. The molecule has 0 fully saturated rings. The van der Waals surface area contributed by atoms with Crippen molar-refractivity contribution in [3.63, 3.8) is 0 Å². The Hall–Kier alpha value is -11.2. The van der Waals surface area contributed by atoms with Gasteiger partial charge in [-0.15, -0.1) is 0 Å². The molecule has 1 spiro atoms. The Morgan fingerprint density at radius 1 is 0.361 bits per heavy atom. The quantitative estimate of drug-likeness (QED) is 0.173. The number of nitrogens with zero attached hydrogens (tertiary/aromatic N) is 8. The highest BCUT2D eigenvalue weighted by Gasteiger charge is 2.54. The molecule has 7 heterocycles. The van der Waals surface area contributed by atoms with Crippen molar-refractivity contribution in [2.45, 2.75) is 15.2 Å². The second-order valence-electron chi connectivity index (χ2n) is 21.5. The lowest BCUT2D eigenvalue weighted by atomic mass is 9.66. The van der Waals surface area contributed by atoms with E-state index in [1.165, 1.54) is 0 Å². The zero-order valence-electron chi connectivity index (χ0n) is 44.0. The fraction of sp³-hybridized carbons (Fsp3) is 0.0137. The Morgan fingerprint density at radius 3 is 1.25 bits per heavy atom. The van der Waals surface area contributed by atoms with Gasteiger partial charge in [0.1, 0.15) is 0 Å². The van der Waals surface area contributed by atoms with Crippen LogP contribution in [0.25, 0.3) is 93.9 Å². The third kappa shape index (κ3) is 6.09. The average Bonchev–Trinajstić information content (AvgIpc) is 1.81. The second kappa shape index (κ2) is 16.9. The van der Waals surface area contributed by atoms with Gasteiger partial charge in [0.2, 0.25) is 0 Å². The maximum Gasteiger partial charge on any atom is 0.156 e. The van der Waals surface area contributed by atoms with Crippen molar-refractivity contribution in [3.05, 3.63) is 276 Å². The summed E-state index contributed by atoms with van der Waals surface area (Å²) in [7, 11) is 0. The summed E-state index contributed by atoms with van der Waals surface area (Å²) >= 11 is 1.78. The van der Waals surface area contributed by atoms with Crippen LogP contribution in [0, 0.1) is 22.7 Å². The largest absolute Gasteiger partial charge is 0.452 e. The minimum atomic E-state index is -1.13. The van der Waals surface area contributed by atoms with Crippen molar-refractivity contribution in [2.24, 2.45) is 0 Å². The average molecular weight is 1080 g/mol. The minimum Gasteiger partial charge on any atom is -0.452 e. The van der Waals surface area contributed by atoms with Gasteiger partial charge in [0.05, 0.1) is 120 Å². The van der Waals surface area contributed by atoms with Crippen LogP contribution in [-0.2, 0) is 5.41 Å². The van der Waals surface area contributed by atoms with Crippen LogP contribution in [0.3, 0.4) is 0 Å². The van der Waals surface area contributed by atoms with E-state index in [-0.39, 0.29) is 0 Å². The van der Waals surface area contributed by atoms with Crippen molar-refractivity contribution >= 4 is 94.2 Å². The van der Waals surface area contributed by atoms with Gasteiger partial charge in [0.15, 0.2) is 11.5 Å². The van der Waals surface area contributed by atoms with E-state index in [0.29, 0.717) is 22.6 Å². The second-order valence-corrected chi connectivity index (χ2v) is 22.6. The van der Waals surface area contributed by atoms with E-state index < -0.39 is 5.41 Å². The highest BCUT2D eigenvalue weighted by atomic mass is 32.2. The number of ether oxygens (including phenoxy) is 1. The molecule has 2 aliphatic heterocycles. The van der Waals surface area contributed by atoms with E-state index >= 15 is 0 Å². The summed E-state index contributed by atoms with van der Waals surface area (Å²) in [4.78, 5) is 15.9. The molecule has 9 nitrogen and oxygen atoms in total. The van der Waals surface area contributed by atoms with Gasteiger partial charge in [-0.25, -0.2) is 0 Å². The third-order valence-corrected chi connectivity index (χ3v) is 18.5. The van der Waals surface area contributed by atoms with Gasteiger partial charge in [-0.05, 0) is 109 Å². The van der Waals surface area contributed by atoms with Crippen LogP contribution >= 0.6 is 11.8 Å². The number of fused-ring (bicyclic) bond motifs is 20. The Bertz CT molecular complexity index is 5200. The van der Waals surface area contributed by atoms with E-state index in [1.54, 1.807) is 11.8 Å². The predicted octanol–water partition coefficient (Wildman–Crippen LogP) is 17.9. The molecule has 15 aromatic rings. The first-order chi connectivity index (χ1) is 41.1. The number of benzene rings is 10. The van der Waals surface area contributed by atoms with Crippen LogP contribution in [0.2, 0.25) is 0 Å². The topological polar surface area (TPSA) is 101 Å². The number of para-hydroxylation sites is 8. The SMILES string of the molecule is N#Cc1ccc2c(c1)c1ccccc1n2-c1cccc2c1Oc1c(-n3c4ccccc4c4cc(C#N)ccc43)cccc1C21c2cc(N3c4ccccc4Sc4ccccc43)cnc2-c2ncc(-n3c4ccccc4c4ccccc43)cc21. The number of aromatic nitrogens is 5. The van der Waals surface area contributed by atoms with Crippen molar-refractivity contribution < 1.29 is 4.74 Å². The van der Waals surface area contributed by atoms with Gasteiger partial charge >= 0.3 is 0 Å². The Balaban J connectivity index is 1.01. The first-order valence-electron chi connectivity index (χ1n) is 27.6. The van der Waals surface area contributed by atoms with Crippen LogP contribution in [0.1, 0.15) is 33.4 Å². The van der Waals surface area contributed by atoms with Crippen LogP contribution < -0.4 is 9.64 Å². The molecule has 0 unspecified atom stereocenters. The van der Waals surface area contributed by atoms with Crippen molar-refractivity contribution in [2.75, 3.05) is 4.90 Å². The molecule has 0 N–H and O–H groups in total. The first kappa shape index (κ1) is 45.7. The Kier molecular flexibility index (Phi) is 9.32. The van der Waals surface area contributed by atoms with Gasteiger partial charge in [0.25, 0.3) is 0 Å². The van der Waals surface area contributed by atoms with Crippen molar-refractivity contribution in [3.8, 4) is 52.1 Å². The number of pyridine rings is 2. The van der Waals surface area contributed by atoms with Gasteiger partial charge in [0, 0.05) is 64.4 Å². The molecule has 10 aromatic carbocycles. The summed E-state index contributed by atoms with van der Waals surface area (Å²) < 4.78 is 14.9. The van der Waals surface area contributed by atoms with Gasteiger partial charge < -0.3 is 23.3 Å². The molecule has 0 saturated carbocycles. The molecule has 83 heavy (non-hydrogen) atoms. The number of rotatable bonds is 4. The molecule has 1 aliphatic carbocycles. The molecule has 18 rings (SSSR count). The number of hydrogen-bond donors (Lipinski definition) is 0. The van der Waals surface area contributed by atoms with E-state index in [0.717, 1.165) is 143 Å². The van der Waals surface area contributed by atoms with E-state index in [9.17, 15) is 10.5 Å². The minimum absolute atomic E-state index is 0.587. The van der Waals surface area contributed by atoms with Crippen LogP contribution in [0.15, 0.2) is 253 Å². The summed E-state index contributed by atoms with van der Waals surface area (Å²) in [6.07, 6.45) is 4.03. The first-order valence-corrected chi connectivity index (χ1v) is 28.4. The number of nitriles is 2. The highest BCUT2D eigenvalue weighted by molar-refractivity contribution is 7.99. The van der Waals surface area contributed by atoms with Gasteiger partial charge in [-0.1, -0.05) is 133 Å². The van der Waals surface area contributed by atoms with Crippen molar-refractivity contribution in [1.82, 2.24) is 23.7 Å². The molecule has 0 saturated heterocycles. The predicted molar refractivity (Wildman–Crippen MR) is 331 cm³/mol. The van der Waals surface area contributed by atoms with Crippen LogP contribution in [-0.4, -0.2) is 23.7 Å². The maximum absolute atomic E-state index is 10.3. The van der Waals surface area contributed by atoms with Crippen molar-refractivity contribution in [1.29, 1.82) is 10.5 Å². The van der Waals surface area contributed by atoms with Gasteiger partial charge in [-0.2, -0.15) is 10.5 Å². The van der Waals surface area contributed by atoms with Crippen LogP contribution in [0.4, 0.5) is 17.1 Å². The van der Waals surface area contributed by atoms with E-state index in [4.69, 9.17) is 14.7 Å². The molecule has 0 radical (unpaired) electrons. The number of anilines is 3. The summed E-state index contributed by atoms with van der Waals surface area (Å²) in [6, 6.07) is 85.8. The fourth-order valence-corrected chi connectivity index (χ4v) is 15.1. The monoisotopic (exact) mass is 1080 g/mol. The lowest BCUT2D eigenvalue weighted by Gasteiger charge is -2.41. The van der Waals surface area contributed by atoms with E-state index in [1.807, 2.05) is 36.7 Å². The molecule has 5 aromatic heterocycles. The highest BCUT2D eigenvalue weighted by Crippen LogP contribution is 2.65. The fourth-order valence-electron chi connectivity index (χ4n) is 14.1. The summed E-state index contributed by atoms with van der Waals surface area (Å²) in [5.41, 5.74) is 17.0. The third-order valence-electron chi connectivity index (χ3n) is 17.4. The molecule has 384 valence electrons. The molecule has 0 bridgehead atoms. The zero-order valence-corrected chi connectivity index (χ0v) is 44.8. The molecular formula is C73H40N8OS. The molecule has 10 heteroatoms. The summed E-state index contributed by atoms with van der Waals surface area (Å²) in [6.45, 7) is 0. The molecule has 3 aliphatic rings. The van der Waals surface area contributed by atoms with Gasteiger partial charge in [-0.3, -0.25) is 9.97 Å². The Labute approximate surface area is 479 Å². The van der Waals surface area contributed by atoms with E-state index in [2.05, 4.69) is 237 Å². The normalized spacial score (nSPS) is 13.4. The summed E-state index contributed by atoms with van der Waals surface area (Å²) in [5, 5.41) is 26.8. The lowest BCUT2D eigenvalue weighted by molar-refractivity contribution is 0.433. The smallest absolute Gasteiger partial charge is 0.156 e. The molecule has 0 atom stereocenters. The lowest BCUT2D eigenvalue weighted by Crippen LogP contribution is -2.33. The standard InChI is InChI=1S/C73H40N8OS/c74-39-43-31-33-61-51(35-43)49-17-3-7-23-59(49)80(61)65-27-13-19-53-71(65)82-72-54(20-14-28-66(72)81-60-24-8-4-18-50(60)52-36-44(40-75)32-34-62(52)81)73(53)55-37-45(78-57-21-5-1-15-47(57)48-16-2-6-22-58(48)78)41-76-69(55)70-56(73)38-46(42-77-70)79-63-25-9-11-29-67(63)83-68-30-12-10-26-64(68)79/h1-38,41-42H. The number of hydrogen-bond acceptors (Lipinski definition) is 7. The molecular weight excluding hydrogens is 1040 g/mol. The Morgan fingerprint density at radius 2 is 0.759 bits per heavy atom.